The van der Waals surface area contributed by atoms with Gasteiger partial charge in [0.2, 0.25) is 5.95 Å². The number of anilines is 2. The Labute approximate surface area is 186 Å². The highest BCUT2D eigenvalue weighted by atomic mass is 16.6. The van der Waals surface area contributed by atoms with Crippen LogP contribution in [-0.4, -0.2) is 81.8 Å². The highest BCUT2D eigenvalue weighted by Gasteiger charge is 2.05. The molecule has 174 valence electrons. The van der Waals surface area contributed by atoms with Gasteiger partial charge in [0.05, 0.1) is 39.6 Å². The largest absolute Gasteiger partial charge is 0.447 e. The molecule has 11 heteroatoms. The van der Waals surface area contributed by atoms with Crippen molar-refractivity contribution in [3.8, 4) is 0 Å². The van der Waals surface area contributed by atoms with Crippen LogP contribution in [-0.2, 0) is 18.9 Å². The summed E-state index contributed by atoms with van der Waals surface area (Å²) in [6.07, 6.45) is 2.81. The summed E-state index contributed by atoms with van der Waals surface area (Å²) in [6, 6.07) is 8.77. The van der Waals surface area contributed by atoms with Gasteiger partial charge in [0.1, 0.15) is 6.61 Å². The number of hydrogen-bond acceptors (Lipinski definition) is 9. The quantitative estimate of drug-likeness (QED) is 0.346. The molecule has 0 aliphatic rings. The Morgan fingerprint density at radius 2 is 1.44 bits per heavy atom. The molecule has 0 atom stereocenters. The Kier molecular flexibility index (Phi) is 12.1. The van der Waals surface area contributed by atoms with Crippen LogP contribution in [0.5, 0.6) is 0 Å². The first kappa shape index (κ1) is 25.0. The first-order valence-corrected chi connectivity index (χ1v) is 10.2. The van der Waals surface area contributed by atoms with Gasteiger partial charge < -0.3 is 34.9 Å². The first-order chi connectivity index (χ1) is 15.7. The third-order valence-electron chi connectivity index (χ3n) is 3.91. The lowest BCUT2D eigenvalue weighted by atomic mass is 10.2. The molecule has 1 aromatic heterocycles. The number of aromatic nitrogens is 2. The summed E-state index contributed by atoms with van der Waals surface area (Å²) in [5, 5.41) is 8.20. The topological polar surface area (TPSA) is 133 Å². The fourth-order valence-electron chi connectivity index (χ4n) is 2.34. The van der Waals surface area contributed by atoms with Gasteiger partial charge in [0.25, 0.3) is 5.91 Å². The van der Waals surface area contributed by atoms with Crippen molar-refractivity contribution in [1.29, 1.82) is 0 Å². The summed E-state index contributed by atoms with van der Waals surface area (Å²) in [7, 11) is 1.49. The number of ether oxygens (including phenoxy) is 4. The normalized spacial score (nSPS) is 10.4. The summed E-state index contributed by atoms with van der Waals surface area (Å²) in [6.45, 7) is 2.94. The monoisotopic (exact) mass is 447 g/mol. The molecule has 11 nitrogen and oxygen atoms in total. The number of nitrogens with zero attached hydrogens (tertiary/aromatic N) is 2. The van der Waals surface area contributed by atoms with Crippen molar-refractivity contribution in [2.75, 3.05) is 65.2 Å². The molecule has 1 aromatic carbocycles. The lowest BCUT2D eigenvalue weighted by Crippen LogP contribution is -2.27. The lowest BCUT2D eigenvalue weighted by molar-refractivity contribution is 0.00631. The molecule has 0 radical (unpaired) electrons. The van der Waals surface area contributed by atoms with Crippen LogP contribution >= 0.6 is 0 Å². The average molecular weight is 447 g/mol. The van der Waals surface area contributed by atoms with Crippen molar-refractivity contribution in [2.24, 2.45) is 0 Å². The number of amides is 2. The number of rotatable bonds is 15. The third-order valence-corrected chi connectivity index (χ3v) is 3.91. The fourth-order valence-corrected chi connectivity index (χ4v) is 2.34. The molecular weight excluding hydrogens is 418 g/mol. The van der Waals surface area contributed by atoms with E-state index in [0.29, 0.717) is 57.7 Å². The molecule has 0 bridgehead atoms. The van der Waals surface area contributed by atoms with Crippen LogP contribution in [0.3, 0.4) is 0 Å². The zero-order valence-electron chi connectivity index (χ0n) is 18.0. The Bertz CT molecular complexity index is 791. The van der Waals surface area contributed by atoms with Gasteiger partial charge in [-0.1, -0.05) is 0 Å². The van der Waals surface area contributed by atoms with E-state index in [1.807, 2.05) is 0 Å². The number of carbonyl (C=O) groups excluding carboxylic acids is 2. The van der Waals surface area contributed by atoms with Gasteiger partial charge in [-0.2, -0.15) is 0 Å². The standard InChI is InChI=1S/C21H29N5O6/c1-22-21(28)32-16-15-31-14-13-30-12-11-29-10-9-23-19(27)17-3-5-18(6-4-17)26-20-24-7-2-8-25-20/h2-8H,9-16H2,1H3,(H,22,28)(H,23,27)(H,24,25,26). The van der Waals surface area contributed by atoms with E-state index in [9.17, 15) is 9.59 Å². The van der Waals surface area contributed by atoms with Crippen molar-refractivity contribution in [3.05, 3.63) is 48.3 Å². The average Bonchev–Trinajstić information content (AvgIpc) is 2.82. The second kappa shape index (κ2) is 15.5. The molecule has 0 saturated heterocycles. The SMILES string of the molecule is CNC(=O)OCCOCCOCCOCCNC(=O)c1ccc(Nc2ncccn2)cc1. The lowest BCUT2D eigenvalue weighted by Gasteiger charge is -2.09. The molecule has 2 aromatic rings. The van der Waals surface area contributed by atoms with Gasteiger partial charge in [-0.25, -0.2) is 14.8 Å². The van der Waals surface area contributed by atoms with Crippen molar-refractivity contribution in [1.82, 2.24) is 20.6 Å². The second-order valence-corrected chi connectivity index (χ2v) is 6.25. The van der Waals surface area contributed by atoms with E-state index in [2.05, 4.69) is 25.9 Å². The van der Waals surface area contributed by atoms with E-state index < -0.39 is 6.09 Å². The number of hydrogen-bond donors (Lipinski definition) is 3. The van der Waals surface area contributed by atoms with Crippen LogP contribution < -0.4 is 16.0 Å². The predicted octanol–water partition coefficient (Wildman–Crippen LogP) is 1.36. The third kappa shape index (κ3) is 10.7. The zero-order chi connectivity index (χ0) is 22.9. The molecule has 1 heterocycles. The molecular formula is C21H29N5O6. The summed E-state index contributed by atoms with van der Waals surface area (Å²) in [5.74, 6) is 0.315. The van der Waals surface area contributed by atoms with Crippen molar-refractivity contribution < 1.29 is 28.5 Å². The van der Waals surface area contributed by atoms with Gasteiger partial charge >= 0.3 is 6.09 Å². The molecule has 0 unspecified atom stereocenters. The molecule has 0 aliphatic carbocycles. The van der Waals surface area contributed by atoms with Gasteiger partial charge in [-0.15, -0.1) is 0 Å². The van der Waals surface area contributed by atoms with E-state index in [1.165, 1.54) is 7.05 Å². The number of carbonyl (C=O) groups is 2. The van der Waals surface area contributed by atoms with Gasteiger partial charge in [0.15, 0.2) is 0 Å². The minimum Gasteiger partial charge on any atom is -0.447 e. The predicted molar refractivity (Wildman–Crippen MR) is 117 cm³/mol. The van der Waals surface area contributed by atoms with Crippen LogP contribution in [0.25, 0.3) is 0 Å². The molecule has 2 amide bonds. The summed E-state index contributed by atoms with van der Waals surface area (Å²) >= 11 is 0. The Morgan fingerprint density at radius 1 is 0.844 bits per heavy atom. The number of benzene rings is 1. The molecule has 3 N–H and O–H groups in total. The van der Waals surface area contributed by atoms with E-state index in [4.69, 9.17) is 18.9 Å². The second-order valence-electron chi connectivity index (χ2n) is 6.25. The van der Waals surface area contributed by atoms with E-state index in [1.54, 1.807) is 42.7 Å². The minimum atomic E-state index is -0.484. The molecule has 32 heavy (non-hydrogen) atoms. The van der Waals surface area contributed by atoms with Gasteiger partial charge in [-0.05, 0) is 30.3 Å². The molecule has 0 spiro atoms. The molecule has 0 aliphatic heterocycles. The summed E-state index contributed by atoms with van der Waals surface area (Å²) in [5.41, 5.74) is 1.34. The maximum absolute atomic E-state index is 12.2. The van der Waals surface area contributed by atoms with E-state index >= 15 is 0 Å². The number of alkyl carbamates (subject to hydrolysis) is 1. The van der Waals surface area contributed by atoms with Crippen LogP contribution in [0, 0.1) is 0 Å². The highest BCUT2D eigenvalue weighted by Crippen LogP contribution is 2.13. The Balaban J connectivity index is 1.45. The maximum atomic E-state index is 12.2. The highest BCUT2D eigenvalue weighted by molar-refractivity contribution is 5.94. The van der Waals surface area contributed by atoms with Crippen LogP contribution in [0.15, 0.2) is 42.7 Å². The van der Waals surface area contributed by atoms with Crippen LogP contribution in [0.2, 0.25) is 0 Å². The Hall–Kier alpha value is -3.28. The van der Waals surface area contributed by atoms with Crippen molar-refractivity contribution in [3.63, 3.8) is 0 Å². The smallest absolute Gasteiger partial charge is 0.406 e. The van der Waals surface area contributed by atoms with Crippen molar-refractivity contribution >= 4 is 23.6 Å². The molecule has 2 rings (SSSR count). The summed E-state index contributed by atoms with van der Waals surface area (Å²) in [4.78, 5) is 31.2. The maximum Gasteiger partial charge on any atom is 0.406 e. The summed E-state index contributed by atoms with van der Waals surface area (Å²) < 4.78 is 20.8. The Morgan fingerprint density at radius 3 is 2.06 bits per heavy atom. The zero-order valence-corrected chi connectivity index (χ0v) is 18.0. The minimum absolute atomic E-state index is 0.176. The van der Waals surface area contributed by atoms with Gasteiger partial charge in [-0.3, -0.25) is 4.79 Å². The fraction of sp³-hybridized carbons (Fsp3) is 0.429. The van der Waals surface area contributed by atoms with Crippen LogP contribution in [0.4, 0.5) is 16.4 Å². The van der Waals surface area contributed by atoms with E-state index in [0.717, 1.165) is 5.69 Å². The first-order valence-electron chi connectivity index (χ1n) is 10.2. The van der Waals surface area contributed by atoms with Gasteiger partial charge in [0, 0.05) is 37.2 Å². The molecule has 0 saturated carbocycles. The van der Waals surface area contributed by atoms with Crippen molar-refractivity contribution in [2.45, 2.75) is 0 Å². The van der Waals surface area contributed by atoms with E-state index in [-0.39, 0.29) is 12.5 Å². The molecule has 0 fully saturated rings. The van der Waals surface area contributed by atoms with Crippen LogP contribution in [0.1, 0.15) is 10.4 Å². The number of nitrogens with one attached hydrogen (secondary N) is 3.